The lowest BCUT2D eigenvalue weighted by molar-refractivity contribution is -0.138. The van der Waals surface area contributed by atoms with E-state index in [2.05, 4.69) is 15.3 Å². The van der Waals surface area contributed by atoms with Crippen LogP contribution in [0.5, 0.6) is 0 Å². The monoisotopic (exact) mass is 431 g/mol. The van der Waals surface area contributed by atoms with Crippen molar-refractivity contribution in [2.45, 2.75) is 26.2 Å². The van der Waals surface area contributed by atoms with Crippen LogP contribution in [0.25, 0.3) is 17.2 Å². The number of carbonyl (C=O) groups excluding carboxylic acids is 2. The summed E-state index contributed by atoms with van der Waals surface area (Å²) in [7, 11) is 0. The molecule has 2 aliphatic heterocycles. The number of rotatable bonds is 4. The predicted molar refractivity (Wildman–Crippen MR) is 122 cm³/mol. The molecule has 0 aromatic heterocycles. The molecular formula is C24H25N5O3. The Balaban J connectivity index is 1.66. The Morgan fingerprint density at radius 3 is 2.50 bits per heavy atom. The summed E-state index contributed by atoms with van der Waals surface area (Å²) < 4.78 is 5.17. The van der Waals surface area contributed by atoms with E-state index in [-0.39, 0.29) is 18.9 Å². The third-order valence-electron chi connectivity index (χ3n) is 5.52. The van der Waals surface area contributed by atoms with Crippen LogP contribution in [0.4, 0.5) is 5.69 Å². The van der Waals surface area contributed by atoms with E-state index >= 15 is 0 Å². The number of nitrogens with two attached hydrogens (primary N) is 1. The number of ether oxygens (including phenoxy) is 1. The molecule has 2 N–H and O–H groups in total. The predicted octanol–water partition coefficient (Wildman–Crippen LogP) is 4.30. The smallest absolute Gasteiger partial charge is 0.334 e. The van der Waals surface area contributed by atoms with Crippen molar-refractivity contribution in [3.63, 3.8) is 0 Å². The van der Waals surface area contributed by atoms with Crippen molar-refractivity contribution < 1.29 is 14.3 Å². The maximum absolute atomic E-state index is 12.6. The first-order valence-electron chi connectivity index (χ1n) is 10.7. The van der Waals surface area contributed by atoms with Gasteiger partial charge in [-0.05, 0) is 61.2 Å². The summed E-state index contributed by atoms with van der Waals surface area (Å²) in [6.07, 6.45) is 4.08. The zero-order chi connectivity index (χ0) is 22.5. The number of nitrogens with zero attached hydrogens (tertiary/aromatic N) is 4. The zero-order valence-corrected chi connectivity index (χ0v) is 18.0. The SMILES string of the molecule is CCOC(=O)C1=Cc2cc(-c3ccc(C(=O)N4CCCC4)cc3)ccc2N=C(N=NN)C1. The number of aliphatic imine (C=N–C) groups is 1. The number of likely N-dealkylation sites (tertiary alicyclic amines) is 1. The van der Waals surface area contributed by atoms with Crippen LogP contribution in [-0.2, 0) is 9.53 Å². The number of amidine groups is 1. The molecule has 0 saturated carbocycles. The second kappa shape index (κ2) is 9.55. The minimum Gasteiger partial charge on any atom is -0.463 e. The van der Waals surface area contributed by atoms with Gasteiger partial charge in [0, 0.05) is 36.2 Å². The van der Waals surface area contributed by atoms with Gasteiger partial charge < -0.3 is 15.5 Å². The highest BCUT2D eigenvalue weighted by Gasteiger charge is 2.20. The van der Waals surface area contributed by atoms with Gasteiger partial charge in [-0.25, -0.2) is 9.79 Å². The number of benzene rings is 2. The van der Waals surface area contributed by atoms with Crippen LogP contribution in [0.2, 0.25) is 0 Å². The molecule has 32 heavy (non-hydrogen) atoms. The summed E-state index contributed by atoms with van der Waals surface area (Å²) >= 11 is 0. The van der Waals surface area contributed by atoms with Crippen molar-refractivity contribution in [1.29, 1.82) is 0 Å². The third-order valence-corrected chi connectivity index (χ3v) is 5.52. The summed E-state index contributed by atoms with van der Waals surface area (Å²) in [5, 5.41) is 7.16. The standard InChI is InChI=1S/C24H25N5O3/c1-2-32-24(31)20-14-19-13-18(9-10-21(19)26-22(15-20)27-28-25)16-5-7-17(8-6-16)23(30)29-11-3-4-12-29/h5-10,13-14H,2-4,11-12,15H2,1H3,(H2,25,26,27). The van der Waals surface area contributed by atoms with Gasteiger partial charge in [0.05, 0.1) is 12.3 Å². The summed E-state index contributed by atoms with van der Waals surface area (Å²) in [6, 6.07) is 13.4. The molecule has 0 aliphatic carbocycles. The zero-order valence-electron chi connectivity index (χ0n) is 18.0. The fourth-order valence-corrected chi connectivity index (χ4v) is 3.93. The quantitative estimate of drug-likeness (QED) is 0.337. The van der Waals surface area contributed by atoms with Crippen LogP contribution in [0.15, 0.2) is 63.4 Å². The van der Waals surface area contributed by atoms with E-state index in [1.165, 1.54) is 0 Å². The summed E-state index contributed by atoms with van der Waals surface area (Å²) in [4.78, 5) is 31.4. The molecule has 8 heteroatoms. The molecule has 0 atom stereocenters. The van der Waals surface area contributed by atoms with Crippen LogP contribution in [0.1, 0.15) is 42.1 Å². The second-order valence-corrected chi connectivity index (χ2v) is 7.66. The van der Waals surface area contributed by atoms with E-state index in [4.69, 9.17) is 10.6 Å². The van der Waals surface area contributed by atoms with Gasteiger partial charge in [-0.3, -0.25) is 4.79 Å². The number of carbonyl (C=O) groups is 2. The van der Waals surface area contributed by atoms with E-state index in [0.29, 0.717) is 22.7 Å². The Morgan fingerprint density at radius 2 is 1.81 bits per heavy atom. The van der Waals surface area contributed by atoms with Gasteiger partial charge in [0.1, 0.15) is 0 Å². The molecule has 1 amide bonds. The molecule has 2 aliphatic rings. The molecule has 0 spiro atoms. The molecule has 4 rings (SSSR count). The molecule has 0 unspecified atom stereocenters. The number of hydrogen-bond acceptors (Lipinski definition) is 6. The van der Waals surface area contributed by atoms with Crippen LogP contribution in [0, 0.1) is 0 Å². The fraction of sp³-hybridized carbons (Fsp3) is 0.292. The summed E-state index contributed by atoms with van der Waals surface area (Å²) in [5.41, 5.74) is 4.47. The van der Waals surface area contributed by atoms with Gasteiger partial charge >= 0.3 is 5.97 Å². The second-order valence-electron chi connectivity index (χ2n) is 7.66. The van der Waals surface area contributed by atoms with Crippen LogP contribution >= 0.6 is 0 Å². The first-order chi connectivity index (χ1) is 15.6. The largest absolute Gasteiger partial charge is 0.463 e. The Labute approximate surface area is 186 Å². The molecule has 1 fully saturated rings. The van der Waals surface area contributed by atoms with E-state index in [1.54, 1.807) is 13.0 Å². The number of amides is 1. The minimum atomic E-state index is -0.421. The normalized spacial score (nSPS) is 15.7. The van der Waals surface area contributed by atoms with Gasteiger partial charge in [-0.2, -0.15) is 0 Å². The summed E-state index contributed by atoms with van der Waals surface area (Å²) in [6.45, 7) is 3.68. The molecule has 1 saturated heterocycles. The Kier molecular flexibility index (Phi) is 6.39. The molecule has 8 nitrogen and oxygen atoms in total. The topological polar surface area (TPSA) is 110 Å². The highest BCUT2D eigenvalue weighted by Crippen LogP contribution is 2.32. The Morgan fingerprint density at radius 1 is 1.09 bits per heavy atom. The lowest BCUT2D eigenvalue weighted by Gasteiger charge is -2.15. The Bertz CT molecular complexity index is 1110. The average molecular weight is 431 g/mol. The first-order valence-corrected chi connectivity index (χ1v) is 10.7. The van der Waals surface area contributed by atoms with Crippen molar-refractivity contribution >= 4 is 29.5 Å². The van der Waals surface area contributed by atoms with Gasteiger partial charge in [0.15, 0.2) is 5.84 Å². The van der Waals surface area contributed by atoms with Crippen LogP contribution in [-0.4, -0.2) is 42.3 Å². The highest BCUT2D eigenvalue weighted by molar-refractivity contribution is 6.04. The van der Waals surface area contributed by atoms with E-state index in [0.717, 1.165) is 42.6 Å². The molecule has 2 aromatic rings. The van der Waals surface area contributed by atoms with Gasteiger partial charge in [-0.15, -0.1) is 5.11 Å². The van der Waals surface area contributed by atoms with E-state index in [1.807, 2.05) is 47.4 Å². The van der Waals surface area contributed by atoms with Crippen molar-refractivity contribution in [1.82, 2.24) is 4.90 Å². The van der Waals surface area contributed by atoms with Crippen molar-refractivity contribution in [3.05, 3.63) is 59.2 Å². The molecular weight excluding hydrogens is 406 g/mol. The van der Waals surface area contributed by atoms with Crippen LogP contribution < -0.4 is 5.84 Å². The maximum atomic E-state index is 12.6. The van der Waals surface area contributed by atoms with Gasteiger partial charge in [0.25, 0.3) is 5.91 Å². The molecule has 0 bridgehead atoms. The van der Waals surface area contributed by atoms with E-state index < -0.39 is 5.97 Å². The number of hydrogen-bond donors (Lipinski definition) is 1. The summed E-state index contributed by atoms with van der Waals surface area (Å²) in [5.74, 6) is 5.19. The van der Waals surface area contributed by atoms with Gasteiger partial charge in [-0.1, -0.05) is 23.4 Å². The average Bonchev–Trinajstić information content (AvgIpc) is 3.28. The maximum Gasteiger partial charge on any atom is 0.334 e. The van der Waals surface area contributed by atoms with Gasteiger partial charge in [0.2, 0.25) is 0 Å². The number of fused-ring (bicyclic) bond motifs is 1. The molecule has 164 valence electrons. The first kappa shape index (κ1) is 21.4. The number of esters is 1. The minimum absolute atomic E-state index is 0.0777. The Hall–Kier alpha value is -3.81. The lowest BCUT2D eigenvalue weighted by atomic mass is 9.99. The fourth-order valence-electron chi connectivity index (χ4n) is 3.93. The van der Waals surface area contributed by atoms with E-state index in [9.17, 15) is 9.59 Å². The van der Waals surface area contributed by atoms with Crippen molar-refractivity contribution in [2.24, 2.45) is 21.2 Å². The molecule has 2 heterocycles. The van der Waals surface area contributed by atoms with Crippen LogP contribution in [0.3, 0.4) is 0 Å². The van der Waals surface area contributed by atoms with Crippen molar-refractivity contribution in [2.75, 3.05) is 19.7 Å². The lowest BCUT2D eigenvalue weighted by Crippen LogP contribution is -2.27. The van der Waals surface area contributed by atoms with Crippen molar-refractivity contribution in [3.8, 4) is 11.1 Å². The highest BCUT2D eigenvalue weighted by atomic mass is 16.5. The molecule has 2 aromatic carbocycles. The molecule has 0 radical (unpaired) electrons. The third kappa shape index (κ3) is 4.59.